The lowest BCUT2D eigenvalue weighted by Crippen LogP contribution is -2.34. The van der Waals surface area contributed by atoms with Crippen molar-refractivity contribution < 1.29 is 10.2 Å². The van der Waals surface area contributed by atoms with E-state index in [1.807, 2.05) is 48.8 Å². The molecule has 46 heavy (non-hydrogen) atoms. The Labute approximate surface area is 271 Å². The van der Waals surface area contributed by atoms with Crippen molar-refractivity contribution in [2.45, 2.75) is 63.5 Å². The van der Waals surface area contributed by atoms with Crippen molar-refractivity contribution in [1.82, 2.24) is 0 Å². The summed E-state index contributed by atoms with van der Waals surface area (Å²) in [6, 6.07) is 24.3. The first-order valence-corrected chi connectivity index (χ1v) is 17.1. The minimum absolute atomic E-state index is 0.336. The third kappa shape index (κ3) is 5.24. The third-order valence-electron chi connectivity index (χ3n) is 10.4. The Morgan fingerprint density at radius 2 is 0.935 bits per heavy atom. The number of phenols is 2. The Morgan fingerprint density at radius 1 is 0.543 bits per heavy atom. The molecule has 0 spiro atoms. The summed E-state index contributed by atoms with van der Waals surface area (Å²) >= 11 is 0. The van der Waals surface area contributed by atoms with Gasteiger partial charge in [0.05, 0.1) is 0 Å². The monoisotopic (exact) mass is 610 g/mol. The highest BCUT2D eigenvalue weighted by molar-refractivity contribution is 5.89. The topological polar surface area (TPSA) is 71.7 Å². The number of aromatic hydroxyl groups is 2. The molecule has 2 unspecified atom stereocenters. The zero-order valence-corrected chi connectivity index (χ0v) is 26.4. The molecular weight excluding hydrogens is 568 g/mol. The van der Waals surface area contributed by atoms with E-state index in [2.05, 4.69) is 46.2 Å². The van der Waals surface area contributed by atoms with Crippen LogP contribution in [0.4, 0.5) is 11.4 Å². The van der Waals surface area contributed by atoms with Gasteiger partial charge < -0.3 is 20.0 Å². The van der Waals surface area contributed by atoms with Gasteiger partial charge in [-0.1, -0.05) is 60.7 Å². The van der Waals surface area contributed by atoms with E-state index in [9.17, 15) is 10.2 Å². The summed E-state index contributed by atoms with van der Waals surface area (Å²) in [5.74, 6) is 0.727. The molecule has 4 heterocycles. The van der Waals surface area contributed by atoms with Crippen molar-refractivity contribution in [2.24, 2.45) is 9.98 Å². The third-order valence-corrected chi connectivity index (χ3v) is 10.4. The Kier molecular flexibility index (Phi) is 7.73. The first-order chi connectivity index (χ1) is 22.7. The summed E-state index contributed by atoms with van der Waals surface area (Å²) in [4.78, 5) is 15.4. The second kappa shape index (κ2) is 12.3. The smallest absolute Gasteiger partial charge is 0.129 e. The molecule has 0 radical (unpaired) electrons. The number of aryl methyl sites for hydroxylation is 2. The molecule has 4 aliphatic rings. The molecule has 234 valence electrons. The number of anilines is 2. The maximum atomic E-state index is 11.5. The minimum Gasteiger partial charge on any atom is -0.507 e. The Balaban J connectivity index is 1.21. The van der Waals surface area contributed by atoms with Crippen molar-refractivity contribution >= 4 is 23.8 Å². The SMILES string of the molecule is Oc1c(C=NC(c2ccccc2)C(N=Cc2cc3c4c(c2O)CCCN4CCC3)c2ccccc2)cc2c3c1CCCN3CCC2. The lowest BCUT2D eigenvalue weighted by Gasteiger charge is -2.37. The van der Waals surface area contributed by atoms with E-state index in [0.717, 1.165) is 111 Å². The quantitative estimate of drug-likeness (QED) is 0.213. The lowest BCUT2D eigenvalue weighted by molar-refractivity contribution is 0.461. The summed E-state index contributed by atoms with van der Waals surface area (Å²) in [6.45, 7) is 4.27. The molecule has 0 aliphatic carbocycles. The lowest BCUT2D eigenvalue weighted by atomic mass is 9.89. The van der Waals surface area contributed by atoms with Gasteiger partial charge in [-0.3, -0.25) is 9.98 Å². The molecule has 2 atom stereocenters. The number of hydrogen-bond donors (Lipinski definition) is 2. The van der Waals surface area contributed by atoms with Gasteiger partial charge >= 0.3 is 0 Å². The van der Waals surface area contributed by atoms with E-state index in [1.54, 1.807) is 0 Å². The van der Waals surface area contributed by atoms with Crippen LogP contribution >= 0.6 is 0 Å². The summed E-state index contributed by atoms with van der Waals surface area (Å²) < 4.78 is 0. The van der Waals surface area contributed by atoms with Crippen LogP contribution in [0.1, 0.15) is 82.3 Å². The molecule has 0 amide bonds. The standard InChI is InChI=1S/C40H42N4O2/c45-39-31(23-29-15-7-19-43-21-9-17-33(39)37(29)43)25-41-35(27-11-3-1-4-12-27)36(28-13-5-2-6-14-28)42-26-32-24-30-16-8-20-44-22-10-18-34(38(30)44)40(32)46/h1-6,11-14,23-26,35-36,45-46H,7-10,15-22H2. The molecular formula is C40H42N4O2. The largest absolute Gasteiger partial charge is 0.507 e. The minimum atomic E-state index is -0.336. The van der Waals surface area contributed by atoms with Crippen LogP contribution in [0.3, 0.4) is 0 Å². The van der Waals surface area contributed by atoms with Crippen molar-refractivity contribution in [3.8, 4) is 11.5 Å². The molecule has 0 saturated heterocycles. The van der Waals surface area contributed by atoms with Crippen LogP contribution in [0.25, 0.3) is 0 Å². The molecule has 0 aromatic heterocycles. The molecule has 4 aliphatic heterocycles. The zero-order chi connectivity index (χ0) is 31.0. The van der Waals surface area contributed by atoms with Crippen molar-refractivity contribution in [1.29, 1.82) is 0 Å². The van der Waals surface area contributed by atoms with Gasteiger partial charge in [0.15, 0.2) is 0 Å². The van der Waals surface area contributed by atoms with Gasteiger partial charge in [-0.2, -0.15) is 0 Å². The summed E-state index contributed by atoms with van der Waals surface area (Å²) in [7, 11) is 0. The normalized spacial score (nSPS) is 18.4. The van der Waals surface area contributed by atoms with Gasteiger partial charge in [0.1, 0.15) is 23.6 Å². The van der Waals surface area contributed by atoms with Crippen molar-refractivity contribution in [3.05, 3.63) is 117 Å². The number of hydrogen-bond acceptors (Lipinski definition) is 6. The van der Waals surface area contributed by atoms with E-state index in [4.69, 9.17) is 9.98 Å². The Hall–Kier alpha value is -4.58. The van der Waals surface area contributed by atoms with E-state index in [-0.39, 0.29) is 12.1 Å². The molecule has 6 heteroatoms. The molecule has 0 saturated carbocycles. The Bertz CT molecular complexity index is 1660. The highest BCUT2D eigenvalue weighted by Gasteiger charge is 2.30. The molecule has 4 aromatic carbocycles. The van der Waals surface area contributed by atoms with Gasteiger partial charge in [-0.05, 0) is 85.8 Å². The van der Waals surface area contributed by atoms with Crippen LogP contribution in [0.15, 0.2) is 82.8 Å². The number of nitrogens with zero attached hydrogens (tertiary/aromatic N) is 4. The molecule has 0 fully saturated rings. The summed E-state index contributed by atoms with van der Waals surface area (Å²) in [5.41, 5.74) is 11.0. The number of rotatable bonds is 7. The highest BCUT2D eigenvalue weighted by Crippen LogP contribution is 2.44. The second-order valence-corrected chi connectivity index (χ2v) is 13.3. The van der Waals surface area contributed by atoms with Gasteiger partial charge in [0.2, 0.25) is 0 Å². The molecule has 6 nitrogen and oxygen atoms in total. The van der Waals surface area contributed by atoms with Crippen LogP contribution < -0.4 is 9.80 Å². The maximum Gasteiger partial charge on any atom is 0.129 e. The fourth-order valence-corrected chi connectivity index (χ4v) is 8.26. The predicted octanol–water partition coefficient (Wildman–Crippen LogP) is 7.52. The predicted molar refractivity (Wildman–Crippen MR) is 187 cm³/mol. The van der Waals surface area contributed by atoms with Crippen LogP contribution in [0, 0.1) is 0 Å². The van der Waals surface area contributed by atoms with E-state index in [0.29, 0.717) is 11.5 Å². The van der Waals surface area contributed by atoms with Crippen LogP contribution in [-0.2, 0) is 25.7 Å². The number of phenolic OH excluding ortho intramolecular Hbond substituents is 2. The summed E-state index contributed by atoms with van der Waals surface area (Å²) in [5, 5.41) is 23.0. The first kappa shape index (κ1) is 28.9. The number of benzene rings is 4. The fraction of sp³-hybridized carbons (Fsp3) is 0.350. The highest BCUT2D eigenvalue weighted by atomic mass is 16.3. The van der Waals surface area contributed by atoms with Gasteiger partial charge in [-0.15, -0.1) is 0 Å². The first-order valence-electron chi connectivity index (χ1n) is 17.1. The molecule has 8 rings (SSSR count). The van der Waals surface area contributed by atoms with Gasteiger partial charge in [-0.25, -0.2) is 0 Å². The van der Waals surface area contributed by atoms with Crippen molar-refractivity contribution in [3.63, 3.8) is 0 Å². The van der Waals surface area contributed by atoms with Crippen LogP contribution in [0.5, 0.6) is 11.5 Å². The van der Waals surface area contributed by atoms with E-state index in [1.165, 1.54) is 22.5 Å². The average molecular weight is 611 g/mol. The van der Waals surface area contributed by atoms with Gasteiger partial charge in [0.25, 0.3) is 0 Å². The van der Waals surface area contributed by atoms with Crippen molar-refractivity contribution in [2.75, 3.05) is 36.0 Å². The van der Waals surface area contributed by atoms with E-state index < -0.39 is 0 Å². The average Bonchev–Trinajstić information content (AvgIpc) is 3.11. The maximum absolute atomic E-state index is 11.5. The summed E-state index contributed by atoms with van der Waals surface area (Å²) in [6.07, 6.45) is 12.0. The van der Waals surface area contributed by atoms with E-state index >= 15 is 0 Å². The molecule has 4 aromatic rings. The van der Waals surface area contributed by atoms with Crippen LogP contribution in [0.2, 0.25) is 0 Å². The Morgan fingerprint density at radius 3 is 1.35 bits per heavy atom. The second-order valence-electron chi connectivity index (χ2n) is 13.3. The molecule has 2 N–H and O–H groups in total. The van der Waals surface area contributed by atoms with Gasteiger partial charge in [0, 0.05) is 72.2 Å². The zero-order valence-electron chi connectivity index (χ0n) is 26.4. The van der Waals surface area contributed by atoms with Crippen LogP contribution in [-0.4, -0.2) is 48.8 Å². The fourth-order valence-electron chi connectivity index (χ4n) is 8.26. The molecule has 0 bridgehead atoms. The number of aliphatic imine (C=N–C) groups is 2.